The maximum atomic E-state index is 12.2. The van der Waals surface area contributed by atoms with Crippen molar-refractivity contribution in [3.05, 3.63) is 46.7 Å². The highest BCUT2D eigenvalue weighted by Gasteiger charge is 2.23. The van der Waals surface area contributed by atoms with Crippen LogP contribution in [-0.4, -0.2) is 51.8 Å². The van der Waals surface area contributed by atoms with Gasteiger partial charge in [0.15, 0.2) is 6.54 Å². The largest absolute Gasteiger partial charge is 0.492 e. The average molecular weight is 375 g/mol. The van der Waals surface area contributed by atoms with E-state index in [-0.39, 0.29) is 5.91 Å². The van der Waals surface area contributed by atoms with Crippen LogP contribution in [0.1, 0.15) is 11.8 Å². The first-order chi connectivity index (χ1) is 12.8. The first-order valence-electron chi connectivity index (χ1n) is 9.35. The lowest BCUT2D eigenvalue weighted by Gasteiger charge is -2.34. The summed E-state index contributed by atoms with van der Waals surface area (Å²) in [5.41, 5.74) is 1.16. The second-order valence-electron chi connectivity index (χ2n) is 6.49. The van der Waals surface area contributed by atoms with Gasteiger partial charge in [-0.05, 0) is 36.9 Å². The molecule has 1 aromatic carbocycles. The van der Waals surface area contributed by atoms with E-state index < -0.39 is 0 Å². The fourth-order valence-corrected chi connectivity index (χ4v) is 4.02. The summed E-state index contributed by atoms with van der Waals surface area (Å²) in [6.45, 7) is 7.80. The number of hydrogen-bond acceptors (Lipinski definition) is 4. The van der Waals surface area contributed by atoms with E-state index in [4.69, 9.17) is 4.74 Å². The van der Waals surface area contributed by atoms with Gasteiger partial charge in [0.05, 0.1) is 38.5 Å². The molecule has 0 aliphatic carbocycles. The number of ether oxygens (including phenoxy) is 1. The number of carbonyl (C=O) groups excluding carboxylic acids is 1. The van der Waals surface area contributed by atoms with Crippen LogP contribution < -0.4 is 19.9 Å². The molecule has 6 heteroatoms. The van der Waals surface area contributed by atoms with E-state index in [1.165, 1.54) is 9.78 Å². The lowest BCUT2D eigenvalue weighted by atomic mass is 10.2. The van der Waals surface area contributed by atoms with Crippen LogP contribution in [0.15, 0.2) is 41.8 Å². The number of quaternary nitrogens is 1. The molecule has 0 radical (unpaired) electrons. The van der Waals surface area contributed by atoms with E-state index >= 15 is 0 Å². The molecule has 5 nitrogen and oxygen atoms in total. The van der Waals surface area contributed by atoms with Crippen molar-refractivity contribution in [1.29, 1.82) is 0 Å². The Balaban J connectivity index is 1.41. The molecule has 0 unspecified atom stereocenters. The van der Waals surface area contributed by atoms with Crippen LogP contribution in [0.2, 0.25) is 0 Å². The van der Waals surface area contributed by atoms with Gasteiger partial charge in [-0.15, -0.1) is 11.3 Å². The third-order valence-corrected chi connectivity index (χ3v) is 5.60. The van der Waals surface area contributed by atoms with Gasteiger partial charge < -0.3 is 19.9 Å². The normalized spacial score (nSPS) is 15.0. The molecule has 0 saturated carbocycles. The summed E-state index contributed by atoms with van der Waals surface area (Å²) in [4.78, 5) is 17.2. The molecule has 2 heterocycles. The molecular weight excluding hydrogens is 346 g/mol. The lowest BCUT2D eigenvalue weighted by Crippen LogP contribution is -3.16. The summed E-state index contributed by atoms with van der Waals surface area (Å²) in [7, 11) is 0. The highest BCUT2D eigenvalue weighted by molar-refractivity contribution is 7.09. The van der Waals surface area contributed by atoms with Crippen LogP contribution in [0, 0.1) is 0 Å². The molecular formula is C20H28N3O2S+. The molecule has 2 aromatic rings. The van der Waals surface area contributed by atoms with Gasteiger partial charge in [0.1, 0.15) is 5.75 Å². The van der Waals surface area contributed by atoms with Crippen LogP contribution in [0.4, 0.5) is 5.69 Å². The monoisotopic (exact) mass is 374 g/mol. The summed E-state index contributed by atoms with van der Waals surface area (Å²) in [5.74, 6) is 1.10. The highest BCUT2D eigenvalue weighted by atomic mass is 32.1. The molecule has 0 spiro atoms. The Kier molecular flexibility index (Phi) is 6.91. The molecule has 1 fully saturated rings. The molecule has 0 bridgehead atoms. The second kappa shape index (κ2) is 9.59. The minimum atomic E-state index is 0.153. The molecule has 1 aliphatic rings. The van der Waals surface area contributed by atoms with E-state index in [1.807, 2.05) is 19.1 Å². The van der Waals surface area contributed by atoms with Gasteiger partial charge in [0.25, 0.3) is 5.91 Å². The standard InChI is InChI=1S/C20H27N3O2S/c1-2-25-19-8-4-3-7-18(19)23-13-11-22(12-14-23)16-20(24)21-10-9-17-6-5-15-26-17/h3-8,15H,2,9-14,16H2,1H3,(H,21,24)/p+1. The zero-order valence-corrected chi connectivity index (χ0v) is 16.2. The van der Waals surface area contributed by atoms with Gasteiger partial charge in [0.2, 0.25) is 0 Å². The number of carbonyl (C=O) groups is 1. The fourth-order valence-electron chi connectivity index (χ4n) is 3.31. The Morgan fingerprint density at radius 3 is 2.77 bits per heavy atom. The van der Waals surface area contributed by atoms with Crippen molar-refractivity contribution in [3.8, 4) is 5.75 Å². The number of nitrogens with zero attached hydrogens (tertiary/aromatic N) is 1. The summed E-state index contributed by atoms with van der Waals surface area (Å²) in [6.07, 6.45) is 0.917. The lowest BCUT2D eigenvalue weighted by molar-refractivity contribution is -0.892. The van der Waals surface area contributed by atoms with Gasteiger partial charge in [-0.2, -0.15) is 0 Å². The summed E-state index contributed by atoms with van der Waals surface area (Å²) < 4.78 is 5.74. The Morgan fingerprint density at radius 1 is 1.23 bits per heavy atom. The zero-order chi connectivity index (χ0) is 18.2. The molecule has 1 saturated heterocycles. The van der Waals surface area contributed by atoms with E-state index in [1.54, 1.807) is 11.3 Å². The predicted molar refractivity (Wildman–Crippen MR) is 106 cm³/mol. The highest BCUT2D eigenvalue weighted by Crippen LogP contribution is 2.27. The third-order valence-electron chi connectivity index (χ3n) is 4.66. The number of para-hydroxylation sites is 2. The second-order valence-corrected chi connectivity index (χ2v) is 7.53. The first kappa shape index (κ1) is 18.7. The van der Waals surface area contributed by atoms with E-state index in [9.17, 15) is 4.79 Å². The van der Waals surface area contributed by atoms with Crippen LogP contribution in [-0.2, 0) is 11.2 Å². The Hall–Kier alpha value is -2.05. The number of rotatable bonds is 8. The zero-order valence-electron chi connectivity index (χ0n) is 15.4. The van der Waals surface area contributed by atoms with Gasteiger partial charge in [-0.3, -0.25) is 4.79 Å². The minimum Gasteiger partial charge on any atom is -0.492 e. The molecule has 1 amide bonds. The fraction of sp³-hybridized carbons (Fsp3) is 0.450. The summed E-state index contributed by atoms with van der Waals surface area (Å²) >= 11 is 1.74. The topological polar surface area (TPSA) is 46.0 Å². The number of anilines is 1. The molecule has 140 valence electrons. The number of nitrogens with one attached hydrogen (secondary N) is 2. The van der Waals surface area contributed by atoms with Crippen molar-refractivity contribution in [2.24, 2.45) is 0 Å². The van der Waals surface area contributed by atoms with Crippen molar-refractivity contribution in [1.82, 2.24) is 5.32 Å². The summed E-state index contributed by atoms with van der Waals surface area (Å²) in [5, 5.41) is 5.12. The predicted octanol–water partition coefficient (Wildman–Crippen LogP) is 1.21. The molecule has 3 rings (SSSR count). The first-order valence-corrected chi connectivity index (χ1v) is 10.2. The van der Waals surface area contributed by atoms with Gasteiger partial charge in [-0.1, -0.05) is 18.2 Å². The minimum absolute atomic E-state index is 0.153. The SMILES string of the molecule is CCOc1ccccc1N1CC[NH+](CC(=O)NCCc2cccs2)CC1. The van der Waals surface area contributed by atoms with E-state index in [2.05, 4.69) is 39.9 Å². The maximum Gasteiger partial charge on any atom is 0.275 e. The van der Waals surface area contributed by atoms with Crippen molar-refractivity contribution in [3.63, 3.8) is 0 Å². The number of amides is 1. The molecule has 0 atom stereocenters. The molecule has 2 N–H and O–H groups in total. The number of hydrogen-bond donors (Lipinski definition) is 2. The maximum absolute atomic E-state index is 12.2. The Morgan fingerprint density at radius 2 is 2.04 bits per heavy atom. The quantitative estimate of drug-likeness (QED) is 0.730. The van der Waals surface area contributed by atoms with Gasteiger partial charge in [-0.25, -0.2) is 0 Å². The average Bonchev–Trinajstić information content (AvgIpc) is 3.17. The number of benzene rings is 1. The van der Waals surface area contributed by atoms with Crippen molar-refractivity contribution >= 4 is 22.9 Å². The van der Waals surface area contributed by atoms with E-state index in [0.29, 0.717) is 13.2 Å². The van der Waals surface area contributed by atoms with Crippen LogP contribution in [0.5, 0.6) is 5.75 Å². The van der Waals surface area contributed by atoms with Crippen LogP contribution >= 0.6 is 11.3 Å². The van der Waals surface area contributed by atoms with Crippen molar-refractivity contribution < 1.29 is 14.4 Å². The Bertz CT molecular complexity index is 682. The third kappa shape index (κ3) is 5.22. The van der Waals surface area contributed by atoms with Crippen LogP contribution in [0.25, 0.3) is 0 Å². The number of thiophene rings is 1. The molecule has 1 aromatic heterocycles. The van der Waals surface area contributed by atoms with Gasteiger partial charge >= 0.3 is 0 Å². The van der Waals surface area contributed by atoms with Gasteiger partial charge in [0, 0.05) is 11.4 Å². The Labute approximate surface area is 159 Å². The van der Waals surface area contributed by atoms with E-state index in [0.717, 1.165) is 50.6 Å². The number of piperazine rings is 1. The van der Waals surface area contributed by atoms with Crippen LogP contribution in [0.3, 0.4) is 0 Å². The van der Waals surface area contributed by atoms with Crippen molar-refractivity contribution in [2.45, 2.75) is 13.3 Å². The smallest absolute Gasteiger partial charge is 0.275 e. The molecule has 26 heavy (non-hydrogen) atoms. The molecule has 1 aliphatic heterocycles. The van der Waals surface area contributed by atoms with Crippen molar-refractivity contribution in [2.75, 3.05) is 50.8 Å². The summed E-state index contributed by atoms with van der Waals surface area (Å²) in [6, 6.07) is 12.4.